The molecule has 0 aliphatic carbocycles. The Labute approximate surface area is 118 Å². The molecule has 2 atom stereocenters. The van der Waals surface area contributed by atoms with Crippen LogP contribution in [0, 0.1) is 0 Å². The van der Waals surface area contributed by atoms with Crippen LogP contribution in [0.2, 0.25) is 5.02 Å². The lowest BCUT2D eigenvalue weighted by Gasteiger charge is -2.27. The van der Waals surface area contributed by atoms with Crippen LogP contribution in [0.25, 0.3) is 0 Å². The Morgan fingerprint density at radius 1 is 1.58 bits per heavy atom. The lowest BCUT2D eigenvalue weighted by molar-refractivity contribution is -0.121. The van der Waals surface area contributed by atoms with Crippen molar-refractivity contribution in [3.05, 3.63) is 23.2 Å². The summed E-state index contributed by atoms with van der Waals surface area (Å²) in [6, 6.07) is 5.41. The van der Waals surface area contributed by atoms with Crippen LogP contribution in [-0.4, -0.2) is 29.4 Å². The average Bonchev–Trinajstić information content (AvgIpc) is 2.78. The molecule has 5 heteroatoms. The SMILES string of the molecule is CC1CCCN1C(C)C(=O)Nc1ccc(Cl)cc1N. The summed E-state index contributed by atoms with van der Waals surface area (Å²) >= 11 is 5.84. The van der Waals surface area contributed by atoms with E-state index in [-0.39, 0.29) is 11.9 Å². The van der Waals surface area contributed by atoms with E-state index in [1.807, 2.05) is 6.92 Å². The van der Waals surface area contributed by atoms with Gasteiger partial charge in [-0.2, -0.15) is 0 Å². The van der Waals surface area contributed by atoms with Gasteiger partial charge in [0.1, 0.15) is 0 Å². The Morgan fingerprint density at radius 2 is 2.32 bits per heavy atom. The van der Waals surface area contributed by atoms with Crippen LogP contribution in [0.5, 0.6) is 0 Å². The van der Waals surface area contributed by atoms with Crippen LogP contribution in [0.4, 0.5) is 11.4 Å². The predicted molar refractivity (Wildman–Crippen MR) is 79.4 cm³/mol. The van der Waals surface area contributed by atoms with Crippen LogP contribution in [0.15, 0.2) is 18.2 Å². The second kappa shape index (κ2) is 5.80. The van der Waals surface area contributed by atoms with Crippen molar-refractivity contribution >= 4 is 28.9 Å². The normalized spacial score (nSPS) is 21.3. The Morgan fingerprint density at radius 3 is 2.89 bits per heavy atom. The maximum absolute atomic E-state index is 12.2. The summed E-state index contributed by atoms with van der Waals surface area (Å²) in [4.78, 5) is 14.5. The molecule has 1 aromatic carbocycles. The number of rotatable bonds is 3. The van der Waals surface area contributed by atoms with E-state index in [0.717, 1.165) is 19.4 Å². The van der Waals surface area contributed by atoms with Crippen molar-refractivity contribution in [3.8, 4) is 0 Å². The third kappa shape index (κ3) is 3.19. The molecule has 0 bridgehead atoms. The second-order valence-corrected chi connectivity index (χ2v) is 5.56. The second-order valence-electron chi connectivity index (χ2n) is 5.13. The third-order valence-electron chi connectivity index (χ3n) is 3.75. The van der Waals surface area contributed by atoms with Gasteiger partial charge >= 0.3 is 0 Å². The van der Waals surface area contributed by atoms with E-state index in [0.29, 0.717) is 22.4 Å². The minimum atomic E-state index is -0.146. The molecule has 3 N–H and O–H groups in total. The van der Waals surface area contributed by atoms with E-state index in [2.05, 4.69) is 17.1 Å². The van der Waals surface area contributed by atoms with Gasteiger partial charge in [-0.25, -0.2) is 0 Å². The molecule has 104 valence electrons. The minimum Gasteiger partial charge on any atom is -0.397 e. The number of halogens is 1. The molecule has 0 radical (unpaired) electrons. The van der Waals surface area contributed by atoms with E-state index in [1.54, 1.807) is 18.2 Å². The Bertz CT molecular complexity index is 478. The molecule has 0 spiro atoms. The highest BCUT2D eigenvalue weighted by Crippen LogP contribution is 2.24. The molecule has 0 saturated carbocycles. The highest BCUT2D eigenvalue weighted by molar-refractivity contribution is 6.31. The zero-order valence-electron chi connectivity index (χ0n) is 11.3. The molecule has 1 saturated heterocycles. The molecule has 1 heterocycles. The number of carbonyl (C=O) groups excluding carboxylic acids is 1. The van der Waals surface area contributed by atoms with Crippen LogP contribution < -0.4 is 11.1 Å². The Balaban J connectivity index is 2.04. The summed E-state index contributed by atoms with van der Waals surface area (Å²) in [6.45, 7) is 5.07. The fourth-order valence-corrected chi connectivity index (χ4v) is 2.75. The molecule has 2 unspecified atom stereocenters. The molecular formula is C14H20ClN3O. The number of benzene rings is 1. The van der Waals surface area contributed by atoms with E-state index < -0.39 is 0 Å². The average molecular weight is 282 g/mol. The van der Waals surface area contributed by atoms with Crippen LogP contribution in [0.1, 0.15) is 26.7 Å². The number of nitrogens with zero attached hydrogens (tertiary/aromatic N) is 1. The largest absolute Gasteiger partial charge is 0.397 e. The van der Waals surface area contributed by atoms with Gasteiger partial charge in [-0.1, -0.05) is 11.6 Å². The first-order valence-electron chi connectivity index (χ1n) is 6.60. The van der Waals surface area contributed by atoms with Crippen molar-refractivity contribution in [2.75, 3.05) is 17.6 Å². The minimum absolute atomic E-state index is 0.0252. The van der Waals surface area contributed by atoms with E-state index in [4.69, 9.17) is 17.3 Å². The van der Waals surface area contributed by atoms with Crippen molar-refractivity contribution in [3.63, 3.8) is 0 Å². The predicted octanol–water partition coefficient (Wildman–Crippen LogP) is 2.73. The summed E-state index contributed by atoms with van der Waals surface area (Å²) in [5.41, 5.74) is 6.94. The van der Waals surface area contributed by atoms with Crippen molar-refractivity contribution in [2.24, 2.45) is 0 Å². The molecule has 4 nitrogen and oxygen atoms in total. The molecule has 1 aromatic rings. The lowest BCUT2D eigenvalue weighted by Crippen LogP contribution is -2.43. The van der Waals surface area contributed by atoms with Gasteiger partial charge in [0.2, 0.25) is 5.91 Å². The van der Waals surface area contributed by atoms with Crippen LogP contribution in [0.3, 0.4) is 0 Å². The quantitative estimate of drug-likeness (QED) is 0.838. The lowest BCUT2D eigenvalue weighted by atomic mass is 10.2. The van der Waals surface area contributed by atoms with Crippen molar-refractivity contribution in [1.29, 1.82) is 0 Å². The Hall–Kier alpha value is -1.26. The fraction of sp³-hybridized carbons (Fsp3) is 0.500. The van der Waals surface area contributed by atoms with E-state index >= 15 is 0 Å². The summed E-state index contributed by atoms with van der Waals surface area (Å²) in [5, 5.41) is 3.44. The highest BCUT2D eigenvalue weighted by Gasteiger charge is 2.29. The molecule has 1 aliphatic heterocycles. The number of hydrogen-bond acceptors (Lipinski definition) is 3. The molecular weight excluding hydrogens is 262 g/mol. The van der Waals surface area contributed by atoms with E-state index in [9.17, 15) is 4.79 Å². The summed E-state index contributed by atoms with van der Waals surface area (Å²) in [7, 11) is 0. The molecule has 1 fully saturated rings. The van der Waals surface area contributed by atoms with Crippen LogP contribution >= 0.6 is 11.6 Å². The topological polar surface area (TPSA) is 58.4 Å². The number of hydrogen-bond donors (Lipinski definition) is 2. The van der Waals surface area contributed by atoms with Gasteiger partial charge in [0.05, 0.1) is 17.4 Å². The summed E-state index contributed by atoms with van der Waals surface area (Å²) in [5.74, 6) is -0.0252. The first-order valence-corrected chi connectivity index (χ1v) is 6.98. The standard InChI is InChI=1S/C14H20ClN3O/c1-9-4-3-7-18(9)10(2)14(19)17-13-6-5-11(15)8-12(13)16/h5-6,8-10H,3-4,7,16H2,1-2H3,(H,17,19). The first-order chi connectivity index (χ1) is 8.99. The Kier molecular flexibility index (Phi) is 4.32. The van der Waals surface area contributed by atoms with Gasteiger partial charge in [0.25, 0.3) is 0 Å². The number of anilines is 2. The number of nitrogens with one attached hydrogen (secondary N) is 1. The molecule has 2 rings (SSSR count). The molecule has 19 heavy (non-hydrogen) atoms. The molecule has 1 amide bonds. The van der Waals surface area contributed by atoms with Gasteiger partial charge in [-0.05, 0) is 51.4 Å². The smallest absolute Gasteiger partial charge is 0.241 e. The van der Waals surface area contributed by atoms with Gasteiger partial charge in [0.15, 0.2) is 0 Å². The first kappa shape index (κ1) is 14.2. The van der Waals surface area contributed by atoms with Gasteiger partial charge in [-0.3, -0.25) is 9.69 Å². The van der Waals surface area contributed by atoms with Gasteiger partial charge < -0.3 is 11.1 Å². The molecule has 1 aliphatic rings. The monoisotopic (exact) mass is 281 g/mol. The van der Waals surface area contributed by atoms with Crippen molar-refractivity contribution < 1.29 is 4.79 Å². The van der Waals surface area contributed by atoms with Gasteiger partial charge in [-0.15, -0.1) is 0 Å². The number of amides is 1. The maximum Gasteiger partial charge on any atom is 0.241 e. The summed E-state index contributed by atoms with van der Waals surface area (Å²) in [6.07, 6.45) is 2.31. The number of likely N-dealkylation sites (tertiary alicyclic amines) is 1. The highest BCUT2D eigenvalue weighted by atomic mass is 35.5. The van der Waals surface area contributed by atoms with Gasteiger partial charge in [0, 0.05) is 11.1 Å². The summed E-state index contributed by atoms with van der Waals surface area (Å²) < 4.78 is 0. The van der Waals surface area contributed by atoms with Crippen molar-refractivity contribution in [2.45, 2.75) is 38.8 Å². The number of nitrogens with two attached hydrogens (primary N) is 1. The number of nitrogen functional groups attached to an aromatic ring is 1. The fourth-order valence-electron chi connectivity index (χ4n) is 2.57. The zero-order chi connectivity index (χ0) is 14.0. The van der Waals surface area contributed by atoms with Crippen molar-refractivity contribution in [1.82, 2.24) is 4.90 Å². The third-order valence-corrected chi connectivity index (χ3v) is 3.99. The zero-order valence-corrected chi connectivity index (χ0v) is 12.1. The van der Waals surface area contributed by atoms with E-state index in [1.165, 1.54) is 0 Å². The number of carbonyl (C=O) groups is 1. The molecule has 0 aromatic heterocycles. The maximum atomic E-state index is 12.2. The van der Waals surface area contributed by atoms with Crippen LogP contribution in [-0.2, 0) is 4.79 Å².